The van der Waals surface area contributed by atoms with Crippen molar-refractivity contribution in [3.63, 3.8) is 0 Å². The SMILES string of the molecule is N#Cc1ccc(C(F)(F)F)nc1OC(CCN)C(F)(F)F. The zero-order valence-electron chi connectivity index (χ0n) is 10.3. The van der Waals surface area contributed by atoms with Crippen molar-refractivity contribution in [3.8, 4) is 11.9 Å². The number of aromatic nitrogens is 1. The van der Waals surface area contributed by atoms with Gasteiger partial charge in [0, 0.05) is 6.42 Å². The van der Waals surface area contributed by atoms with Crippen LogP contribution < -0.4 is 10.5 Å². The fourth-order valence-electron chi connectivity index (χ4n) is 1.35. The summed E-state index contributed by atoms with van der Waals surface area (Å²) in [7, 11) is 0. The van der Waals surface area contributed by atoms with Crippen LogP contribution in [0.4, 0.5) is 26.3 Å². The molecule has 0 aliphatic rings. The van der Waals surface area contributed by atoms with Crippen LogP contribution in [0.25, 0.3) is 0 Å². The molecule has 0 aliphatic heterocycles. The largest absolute Gasteiger partial charge is 0.464 e. The molecule has 0 saturated carbocycles. The Kier molecular flexibility index (Phi) is 5.01. The zero-order chi connectivity index (χ0) is 16.3. The third kappa shape index (κ3) is 4.49. The molecule has 2 N–H and O–H groups in total. The van der Waals surface area contributed by atoms with Gasteiger partial charge in [-0.25, -0.2) is 4.98 Å². The Balaban J connectivity index is 3.18. The van der Waals surface area contributed by atoms with Gasteiger partial charge in [-0.15, -0.1) is 0 Å². The topological polar surface area (TPSA) is 71.9 Å². The highest BCUT2D eigenvalue weighted by atomic mass is 19.4. The molecule has 0 amide bonds. The lowest BCUT2D eigenvalue weighted by Gasteiger charge is -2.21. The summed E-state index contributed by atoms with van der Waals surface area (Å²) in [6.45, 7) is -0.398. The minimum Gasteiger partial charge on any atom is -0.464 e. The van der Waals surface area contributed by atoms with Gasteiger partial charge < -0.3 is 10.5 Å². The molecule has 1 unspecified atom stereocenters. The number of ether oxygens (including phenoxy) is 1. The Morgan fingerprint density at radius 3 is 2.29 bits per heavy atom. The fourth-order valence-corrected chi connectivity index (χ4v) is 1.35. The molecule has 1 rings (SSSR count). The summed E-state index contributed by atoms with van der Waals surface area (Å²) in [5.74, 6) is -1.02. The highest BCUT2D eigenvalue weighted by Crippen LogP contribution is 2.32. The van der Waals surface area contributed by atoms with Crippen LogP contribution in [0.5, 0.6) is 5.88 Å². The monoisotopic (exact) mass is 313 g/mol. The van der Waals surface area contributed by atoms with E-state index in [4.69, 9.17) is 11.0 Å². The van der Waals surface area contributed by atoms with Crippen LogP contribution in [0.2, 0.25) is 0 Å². The third-order valence-corrected chi connectivity index (χ3v) is 2.32. The van der Waals surface area contributed by atoms with E-state index in [1.165, 1.54) is 6.07 Å². The predicted octanol–water partition coefficient (Wildman–Crippen LogP) is 2.63. The van der Waals surface area contributed by atoms with Gasteiger partial charge in [-0.05, 0) is 18.7 Å². The normalized spacial score (nSPS) is 13.6. The van der Waals surface area contributed by atoms with E-state index in [1.54, 1.807) is 0 Å². The van der Waals surface area contributed by atoms with Crippen molar-refractivity contribution >= 4 is 0 Å². The maximum Gasteiger partial charge on any atom is 0.433 e. The standard InChI is InChI=1S/C11H9F6N3O/c12-10(13,14)7-2-1-6(5-19)9(20-7)21-8(3-4-18)11(15,16)17/h1-2,8H,3-4,18H2. The molecule has 0 spiro atoms. The molecule has 116 valence electrons. The van der Waals surface area contributed by atoms with E-state index in [9.17, 15) is 26.3 Å². The summed E-state index contributed by atoms with van der Waals surface area (Å²) in [6, 6.07) is 2.60. The number of pyridine rings is 1. The average molecular weight is 313 g/mol. The van der Waals surface area contributed by atoms with Crippen molar-refractivity contribution in [1.82, 2.24) is 4.98 Å². The molecule has 21 heavy (non-hydrogen) atoms. The summed E-state index contributed by atoms with van der Waals surface area (Å²) in [5, 5.41) is 8.70. The van der Waals surface area contributed by atoms with E-state index in [0.29, 0.717) is 12.1 Å². The lowest BCUT2D eigenvalue weighted by Crippen LogP contribution is -2.36. The van der Waals surface area contributed by atoms with Crippen molar-refractivity contribution in [2.75, 3.05) is 6.54 Å². The number of nitrogens with zero attached hydrogens (tertiary/aromatic N) is 2. The molecule has 0 bridgehead atoms. The minimum atomic E-state index is -4.87. The molecule has 0 aromatic carbocycles. The van der Waals surface area contributed by atoms with Crippen LogP contribution in [-0.4, -0.2) is 23.8 Å². The van der Waals surface area contributed by atoms with Crippen molar-refractivity contribution in [2.24, 2.45) is 5.73 Å². The highest BCUT2D eigenvalue weighted by Gasteiger charge is 2.42. The third-order valence-electron chi connectivity index (χ3n) is 2.32. The lowest BCUT2D eigenvalue weighted by atomic mass is 10.2. The second kappa shape index (κ2) is 6.17. The van der Waals surface area contributed by atoms with Crippen molar-refractivity contribution in [1.29, 1.82) is 5.26 Å². The van der Waals surface area contributed by atoms with Gasteiger partial charge >= 0.3 is 12.4 Å². The van der Waals surface area contributed by atoms with Crippen molar-refractivity contribution in [2.45, 2.75) is 24.9 Å². The van der Waals surface area contributed by atoms with E-state index < -0.39 is 48.6 Å². The van der Waals surface area contributed by atoms with Crippen LogP contribution in [-0.2, 0) is 6.18 Å². The maximum absolute atomic E-state index is 12.6. The number of hydrogen-bond acceptors (Lipinski definition) is 4. The quantitative estimate of drug-likeness (QED) is 0.867. The highest BCUT2D eigenvalue weighted by molar-refractivity contribution is 5.39. The number of nitrogens with two attached hydrogens (primary N) is 1. The molecule has 0 aliphatic carbocycles. The summed E-state index contributed by atoms with van der Waals surface area (Å²) in [6.07, 6.45) is -12.8. The molecule has 0 radical (unpaired) electrons. The first-order valence-electron chi connectivity index (χ1n) is 5.51. The van der Waals surface area contributed by atoms with Crippen molar-refractivity contribution < 1.29 is 31.1 Å². The van der Waals surface area contributed by atoms with E-state index in [1.807, 2.05) is 0 Å². The molecule has 1 aromatic rings. The summed E-state index contributed by atoms with van der Waals surface area (Å²) in [4.78, 5) is 2.94. The molecule has 4 nitrogen and oxygen atoms in total. The van der Waals surface area contributed by atoms with E-state index in [-0.39, 0.29) is 0 Å². The fraction of sp³-hybridized carbons (Fsp3) is 0.455. The number of rotatable bonds is 4. The van der Waals surface area contributed by atoms with Crippen molar-refractivity contribution in [3.05, 3.63) is 23.4 Å². The smallest absolute Gasteiger partial charge is 0.433 e. The Morgan fingerprint density at radius 2 is 1.86 bits per heavy atom. The summed E-state index contributed by atoms with van der Waals surface area (Å²) in [5.41, 5.74) is 3.02. The summed E-state index contributed by atoms with van der Waals surface area (Å²) >= 11 is 0. The number of alkyl halides is 6. The lowest BCUT2D eigenvalue weighted by molar-refractivity contribution is -0.197. The van der Waals surface area contributed by atoms with E-state index in [0.717, 1.165) is 0 Å². The maximum atomic E-state index is 12.6. The van der Waals surface area contributed by atoms with Crippen LogP contribution in [0, 0.1) is 11.3 Å². The second-order valence-electron chi connectivity index (χ2n) is 3.88. The molecular weight excluding hydrogens is 304 g/mol. The van der Waals surface area contributed by atoms with Crippen LogP contribution >= 0.6 is 0 Å². The first kappa shape index (κ1) is 17.0. The summed E-state index contributed by atoms with van der Waals surface area (Å²) < 4.78 is 79.8. The predicted molar refractivity (Wildman–Crippen MR) is 58.1 cm³/mol. The molecule has 0 fully saturated rings. The van der Waals surface area contributed by atoms with Crippen LogP contribution in [0.1, 0.15) is 17.7 Å². The second-order valence-corrected chi connectivity index (χ2v) is 3.88. The molecular formula is C11H9F6N3O. The van der Waals surface area contributed by atoms with Crippen LogP contribution in [0.3, 0.4) is 0 Å². The van der Waals surface area contributed by atoms with Gasteiger partial charge in [0.1, 0.15) is 17.3 Å². The van der Waals surface area contributed by atoms with Gasteiger partial charge in [-0.1, -0.05) is 0 Å². The average Bonchev–Trinajstić information content (AvgIpc) is 2.36. The first-order chi connectivity index (χ1) is 9.59. The number of hydrogen-bond donors (Lipinski definition) is 1. The number of halogens is 6. The molecule has 10 heteroatoms. The molecule has 1 atom stereocenters. The molecule has 1 heterocycles. The van der Waals surface area contributed by atoms with Crippen LogP contribution in [0.15, 0.2) is 12.1 Å². The zero-order valence-corrected chi connectivity index (χ0v) is 10.3. The Hall–Kier alpha value is -2.02. The van der Waals surface area contributed by atoms with Gasteiger partial charge in [0.25, 0.3) is 0 Å². The first-order valence-corrected chi connectivity index (χ1v) is 5.51. The number of nitriles is 1. The van der Waals surface area contributed by atoms with Gasteiger partial charge in [0.15, 0.2) is 6.10 Å². The van der Waals surface area contributed by atoms with Gasteiger partial charge in [-0.2, -0.15) is 31.6 Å². The van der Waals surface area contributed by atoms with E-state index >= 15 is 0 Å². The Bertz CT molecular complexity index is 534. The van der Waals surface area contributed by atoms with Gasteiger partial charge in [-0.3, -0.25) is 0 Å². The Labute approximate surface area is 115 Å². The minimum absolute atomic E-state index is 0.398. The van der Waals surface area contributed by atoms with E-state index in [2.05, 4.69) is 9.72 Å². The molecule has 1 aromatic heterocycles. The van der Waals surface area contributed by atoms with Gasteiger partial charge in [0.2, 0.25) is 5.88 Å². The Morgan fingerprint density at radius 1 is 1.24 bits per heavy atom. The molecule has 0 saturated heterocycles. The van der Waals surface area contributed by atoms with Gasteiger partial charge in [0.05, 0.1) is 0 Å².